The van der Waals surface area contributed by atoms with Gasteiger partial charge in [-0.15, -0.1) is 0 Å². The molecule has 0 saturated heterocycles. The number of halogens is 1. The van der Waals surface area contributed by atoms with Gasteiger partial charge in [0.15, 0.2) is 0 Å². The fraction of sp³-hybridized carbons (Fsp3) is 0.231. The molecule has 18 heavy (non-hydrogen) atoms. The molecule has 4 nitrogen and oxygen atoms in total. The molecule has 0 bridgehead atoms. The Kier molecular flexibility index (Phi) is 3.84. The second kappa shape index (κ2) is 5.55. The highest BCUT2D eigenvalue weighted by molar-refractivity contribution is 5.23. The van der Waals surface area contributed by atoms with E-state index in [0.717, 1.165) is 5.56 Å². The molecule has 0 amide bonds. The lowest BCUT2D eigenvalue weighted by Crippen LogP contribution is -2.15. The van der Waals surface area contributed by atoms with E-state index in [1.165, 1.54) is 12.4 Å². The average molecular weight is 247 g/mol. The van der Waals surface area contributed by atoms with Gasteiger partial charge >= 0.3 is 0 Å². The summed E-state index contributed by atoms with van der Waals surface area (Å²) in [5.74, 6) is 0.161. The van der Waals surface area contributed by atoms with E-state index >= 15 is 0 Å². The first kappa shape index (κ1) is 12.4. The molecule has 2 aromatic heterocycles. The van der Waals surface area contributed by atoms with Crippen LogP contribution in [0.2, 0.25) is 0 Å². The zero-order chi connectivity index (χ0) is 13.0. The molecule has 5 heteroatoms. The number of rotatable bonds is 4. The average Bonchev–Trinajstić information content (AvgIpc) is 2.40. The van der Waals surface area contributed by atoms with E-state index in [2.05, 4.69) is 9.97 Å². The minimum atomic E-state index is -0.414. The molecule has 2 N–H and O–H groups in total. The summed E-state index contributed by atoms with van der Waals surface area (Å²) in [5, 5.41) is 0. The summed E-state index contributed by atoms with van der Waals surface area (Å²) in [6, 6.07) is 4.80. The van der Waals surface area contributed by atoms with Crippen LogP contribution < -0.4 is 10.5 Å². The normalized spacial score (nSPS) is 12.2. The van der Waals surface area contributed by atoms with Gasteiger partial charge in [0, 0.05) is 30.1 Å². The predicted molar refractivity (Wildman–Crippen MR) is 65.6 cm³/mol. The lowest BCUT2D eigenvalue weighted by molar-refractivity contribution is 0.397. The summed E-state index contributed by atoms with van der Waals surface area (Å²) in [6.07, 6.45) is 4.89. The van der Waals surface area contributed by atoms with Gasteiger partial charge in [0.1, 0.15) is 5.82 Å². The van der Waals surface area contributed by atoms with Gasteiger partial charge in [-0.2, -0.15) is 0 Å². The number of methoxy groups -OCH3 is 1. The molecule has 0 spiro atoms. The molecular weight excluding hydrogens is 233 g/mol. The van der Waals surface area contributed by atoms with E-state index in [4.69, 9.17) is 10.5 Å². The van der Waals surface area contributed by atoms with Crippen molar-refractivity contribution in [2.75, 3.05) is 7.11 Å². The molecule has 0 saturated carbocycles. The fourth-order valence-corrected chi connectivity index (χ4v) is 1.70. The molecular formula is C13H14FN3O. The number of hydrogen-bond acceptors (Lipinski definition) is 4. The van der Waals surface area contributed by atoms with Crippen molar-refractivity contribution in [3.63, 3.8) is 0 Å². The van der Waals surface area contributed by atoms with E-state index in [-0.39, 0.29) is 5.82 Å². The van der Waals surface area contributed by atoms with Crippen LogP contribution in [-0.2, 0) is 6.42 Å². The zero-order valence-electron chi connectivity index (χ0n) is 10.0. The summed E-state index contributed by atoms with van der Waals surface area (Å²) < 4.78 is 18.5. The van der Waals surface area contributed by atoms with E-state index in [1.54, 1.807) is 25.4 Å². The Balaban J connectivity index is 2.11. The number of hydrogen-bond donors (Lipinski definition) is 1. The van der Waals surface area contributed by atoms with Gasteiger partial charge < -0.3 is 10.5 Å². The van der Waals surface area contributed by atoms with E-state index in [1.807, 2.05) is 6.07 Å². The van der Waals surface area contributed by atoms with Gasteiger partial charge in [0.25, 0.3) is 0 Å². The smallest absolute Gasteiger partial charge is 0.212 e. The molecule has 0 aliphatic rings. The maximum Gasteiger partial charge on any atom is 0.212 e. The number of aromatic nitrogens is 2. The SMILES string of the molecule is COc1ccc(CC(N)c2ccncc2F)cn1. The first-order valence-electron chi connectivity index (χ1n) is 5.54. The van der Waals surface area contributed by atoms with E-state index in [9.17, 15) is 4.39 Å². The first-order valence-corrected chi connectivity index (χ1v) is 5.54. The highest BCUT2D eigenvalue weighted by Gasteiger charge is 2.12. The monoisotopic (exact) mass is 247 g/mol. The van der Waals surface area contributed by atoms with Crippen LogP contribution in [0, 0.1) is 5.82 Å². The second-order valence-electron chi connectivity index (χ2n) is 3.92. The summed E-state index contributed by atoms with van der Waals surface area (Å²) >= 11 is 0. The van der Waals surface area contributed by atoms with Crippen molar-refractivity contribution >= 4 is 0 Å². The lowest BCUT2D eigenvalue weighted by Gasteiger charge is -2.12. The van der Waals surface area contributed by atoms with Crippen LogP contribution in [0.4, 0.5) is 4.39 Å². The second-order valence-corrected chi connectivity index (χ2v) is 3.92. The van der Waals surface area contributed by atoms with Crippen LogP contribution in [0.3, 0.4) is 0 Å². The topological polar surface area (TPSA) is 61.0 Å². The number of pyridine rings is 2. The minimum Gasteiger partial charge on any atom is -0.481 e. The summed E-state index contributed by atoms with van der Waals surface area (Å²) in [5.41, 5.74) is 7.36. The van der Waals surface area contributed by atoms with Crippen molar-refractivity contribution in [2.45, 2.75) is 12.5 Å². The molecule has 0 aromatic carbocycles. The van der Waals surface area contributed by atoms with E-state index < -0.39 is 6.04 Å². The first-order chi connectivity index (χ1) is 8.70. The Morgan fingerprint density at radius 3 is 2.78 bits per heavy atom. The van der Waals surface area contributed by atoms with Crippen LogP contribution in [-0.4, -0.2) is 17.1 Å². The zero-order valence-corrected chi connectivity index (χ0v) is 10.0. The highest BCUT2D eigenvalue weighted by Crippen LogP contribution is 2.18. The van der Waals surface area contributed by atoms with Crippen LogP contribution in [0.5, 0.6) is 5.88 Å². The maximum absolute atomic E-state index is 13.5. The number of nitrogens with two attached hydrogens (primary N) is 1. The molecule has 0 radical (unpaired) electrons. The predicted octanol–water partition coefficient (Wildman–Crippen LogP) is 1.87. The molecule has 2 aromatic rings. The molecule has 0 aliphatic carbocycles. The summed E-state index contributed by atoms with van der Waals surface area (Å²) in [6.45, 7) is 0. The van der Waals surface area contributed by atoms with Crippen molar-refractivity contribution in [3.8, 4) is 5.88 Å². The Bertz CT molecular complexity index is 516. The molecule has 0 fully saturated rings. The summed E-state index contributed by atoms with van der Waals surface area (Å²) in [4.78, 5) is 7.78. The van der Waals surface area contributed by atoms with Crippen LogP contribution >= 0.6 is 0 Å². The largest absolute Gasteiger partial charge is 0.481 e. The fourth-order valence-electron chi connectivity index (χ4n) is 1.70. The molecule has 0 aliphatic heterocycles. The van der Waals surface area contributed by atoms with Gasteiger partial charge in [0.05, 0.1) is 13.3 Å². The Morgan fingerprint density at radius 1 is 1.33 bits per heavy atom. The number of ether oxygens (including phenoxy) is 1. The van der Waals surface area contributed by atoms with Gasteiger partial charge in [-0.3, -0.25) is 4.98 Å². The van der Waals surface area contributed by atoms with Gasteiger partial charge in [-0.25, -0.2) is 9.37 Å². The Labute approximate surface area is 105 Å². The van der Waals surface area contributed by atoms with Gasteiger partial charge in [0.2, 0.25) is 5.88 Å². The van der Waals surface area contributed by atoms with Crippen molar-refractivity contribution in [3.05, 3.63) is 53.7 Å². The standard InChI is InChI=1S/C13H14FN3O/c1-18-13-3-2-9(7-17-13)6-12(15)10-4-5-16-8-11(10)14/h2-5,7-8,12H,6,15H2,1H3. The Morgan fingerprint density at radius 2 is 2.17 bits per heavy atom. The van der Waals surface area contributed by atoms with Crippen LogP contribution in [0.25, 0.3) is 0 Å². The minimum absolute atomic E-state index is 0.383. The lowest BCUT2D eigenvalue weighted by atomic mass is 10.0. The third kappa shape index (κ3) is 2.81. The van der Waals surface area contributed by atoms with E-state index in [0.29, 0.717) is 17.9 Å². The summed E-state index contributed by atoms with van der Waals surface area (Å²) in [7, 11) is 1.56. The molecule has 94 valence electrons. The third-order valence-electron chi connectivity index (χ3n) is 2.67. The maximum atomic E-state index is 13.5. The molecule has 2 heterocycles. The number of nitrogens with zero attached hydrogens (tertiary/aromatic N) is 2. The van der Waals surface area contributed by atoms with Gasteiger partial charge in [-0.1, -0.05) is 6.07 Å². The third-order valence-corrected chi connectivity index (χ3v) is 2.67. The van der Waals surface area contributed by atoms with Crippen LogP contribution in [0.15, 0.2) is 36.8 Å². The van der Waals surface area contributed by atoms with Crippen LogP contribution in [0.1, 0.15) is 17.2 Å². The molecule has 1 atom stereocenters. The quantitative estimate of drug-likeness (QED) is 0.895. The van der Waals surface area contributed by atoms with Crippen molar-refractivity contribution in [1.29, 1.82) is 0 Å². The Hall–Kier alpha value is -2.01. The van der Waals surface area contributed by atoms with Crippen molar-refractivity contribution < 1.29 is 9.13 Å². The van der Waals surface area contributed by atoms with Crippen molar-refractivity contribution in [1.82, 2.24) is 9.97 Å². The van der Waals surface area contributed by atoms with Gasteiger partial charge in [-0.05, 0) is 18.1 Å². The highest BCUT2D eigenvalue weighted by atomic mass is 19.1. The molecule has 1 unspecified atom stereocenters. The van der Waals surface area contributed by atoms with Crippen molar-refractivity contribution in [2.24, 2.45) is 5.73 Å². The molecule has 2 rings (SSSR count).